The Hall–Kier alpha value is -2.23. The van der Waals surface area contributed by atoms with Gasteiger partial charge in [0, 0.05) is 21.7 Å². The number of carboxylic acids is 1. The third-order valence-electron chi connectivity index (χ3n) is 3.38. The van der Waals surface area contributed by atoms with Crippen molar-refractivity contribution < 1.29 is 32.4 Å². The van der Waals surface area contributed by atoms with Crippen molar-refractivity contribution in [3.05, 3.63) is 57.4 Å². The number of benzene rings is 1. The summed E-state index contributed by atoms with van der Waals surface area (Å²) in [6, 6.07) is 4.36. The standard InChI is InChI=1S/C14H7Cl2F3N2O4/c15-7-1-6(2-8(16)3-7)13(14(17,18)19)5-10(21-25-13)9-4-11(12(22)23)24-20-9/h1-5,21H,(H,22,23). The predicted octanol–water partition coefficient (Wildman–Crippen LogP) is 4.01. The fourth-order valence-electron chi connectivity index (χ4n) is 2.24. The molecule has 11 heteroatoms. The van der Waals surface area contributed by atoms with E-state index in [1.54, 1.807) is 0 Å². The van der Waals surface area contributed by atoms with Crippen LogP contribution in [0.25, 0.3) is 5.70 Å². The van der Waals surface area contributed by atoms with Gasteiger partial charge in [0.15, 0.2) is 0 Å². The lowest BCUT2D eigenvalue weighted by molar-refractivity contribution is -0.269. The van der Waals surface area contributed by atoms with Crippen molar-refractivity contribution in [1.82, 2.24) is 10.6 Å². The number of aromatic nitrogens is 1. The van der Waals surface area contributed by atoms with Crippen LogP contribution >= 0.6 is 23.2 Å². The van der Waals surface area contributed by atoms with Gasteiger partial charge in [-0.3, -0.25) is 10.3 Å². The molecule has 1 aliphatic heterocycles. The summed E-state index contributed by atoms with van der Waals surface area (Å²) in [6.45, 7) is 0. The van der Waals surface area contributed by atoms with Gasteiger partial charge in [-0.05, 0) is 24.3 Å². The number of nitrogens with one attached hydrogen (secondary N) is 1. The molecule has 1 atom stereocenters. The number of hydroxylamine groups is 1. The Morgan fingerprint density at radius 3 is 2.36 bits per heavy atom. The van der Waals surface area contributed by atoms with E-state index >= 15 is 0 Å². The Morgan fingerprint density at radius 2 is 1.84 bits per heavy atom. The lowest BCUT2D eigenvalue weighted by Crippen LogP contribution is -2.42. The van der Waals surface area contributed by atoms with Gasteiger partial charge in [0.2, 0.25) is 11.4 Å². The summed E-state index contributed by atoms with van der Waals surface area (Å²) in [6.07, 6.45) is -4.17. The lowest BCUT2D eigenvalue weighted by Gasteiger charge is -2.28. The normalized spacial score (nSPS) is 20.3. The molecule has 0 fully saturated rings. The van der Waals surface area contributed by atoms with Crippen molar-refractivity contribution in [3.8, 4) is 0 Å². The maximum absolute atomic E-state index is 13.8. The average molecular weight is 395 g/mol. The summed E-state index contributed by atoms with van der Waals surface area (Å²) in [5.74, 6) is -1.95. The second-order valence-corrected chi connectivity index (χ2v) is 5.91. The number of hydrogen-bond donors (Lipinski definition) is 2. The largest absolute Gasteiger partial charge is 0.475 e. The van der Waals surface area contributed by atoms with Crippen molar-refractivity contribution >= 4 is 34.9 Å². The first-order valence-electron chi connectivity index (χ1n) is 6.53. The van der Waals surface area contributed by atoms with Crippen LogP contribution in [-0.4, -0.2) is 22.4 Å². The molecule has 3 rings (SSSR count). The smallest absolute Gasteiger partial charge is 0.428 e. The van der Waals surface area contributed by atoms with E-state index in [0.29, 0.717) is 6.08 Å². The molecule has 1 unspecified atom stereocenters. The molecule has 2 aromatic rings. The van der Waals surface area contributed by atoms with Crippen LogP contribution in [0.2, 0.25) is 10.0 Å². The maximum atomic E-state index is 13.8. The first-order chi connectivity index (χ1) is 11.6. The SMILES string of the molecule is O=C(O)c1cc(C2=CC(c3cc(Cl)cc(Cl)c3)(C(F)(F)F)ON2)no1. The van der Waals surface area contributed by atoms with Crippen LogP contribution in [0.3, 0.4) is 0 Å². The van der Waals surface area contributed by atoms with E-state index in [4.69, 9.17) is 33.1 Å². The van der Waals surface area contributed by atoms with Crippen LogP contribution in [0, 0.1) is 0 Å². The van der Waals surface area contributed by atoms with E-state index in [1.807, 2.05) is 0 Å². The van der Waals surface area contributed by atoms with Crippen molar-refractivity contribution in [2.24, 2.45) is 0 Å². The molecule has 25 heavy (non-hydrogen) atoms. The van der Waals surface area contributed by atoms with Gasteiger partial charge in [-0.1, -0.05) is 28.4 Å². The second kappa shape index (κ2) is 5.94. The molecule has 132 valence electrons. The zero-order valence-corrected chi connectivity index (χ0v) is 13.4. The number of carboxylic acid groups (broad SMARTS) is 1. The molecule has 0 saturated heterocycles. The Balaban J connectivity index is 2.11. The van der Waals surface area contributed by atoms with E-state index in [1.165, 1.54) is 6.07 Å². The Bertz CT molecular complexity index is 861. The van der Waals surface area contributed by atoms with E-state index < -0.39 is 23.5 Å². The van der Waals surface area contributed by atoms with Crippen molar-refractivity contribution in [2.45, 2.75) is 11.8 Å². The minimum Gasteiger partial charge on any atom is -0.475 e. The first-order valence-corrected chi connectivity index (χ1v) is 7.28. The Kier molecular flexibility index (Phi) is 4.18. The number of aromatic carboxylic acids is 1. The average Bonchev–Trinajstić information content (AvgIpc) is 3.13. The van der Waals surface area contributed by atoms with E-state index in [-0.39, 0.29) is 27.0 Å². The summed E-state index contributed by atoms with van der Waals surface area (Å²) >= 11 is 11.6. The molecule has 0 saturated carbocycles. The fourth-order valence-corrected chi connectivity index (χ4v) is 2.77. The number of carbonyl (C=O) groups is 1. The summed E-state index contributed by atoms with van der Waals surface area (Å²) < 4.78 is 45.8. The van der Waals surface area contributed by atoms with Crippen LogP contribution < -0.4 is 5.48 Å². The third-order valence-corrected chi connectivity index (χ3v) is 3.82. The molecule has 0 bridgehead atoms. The highest BCUT2D eigenvalue weighted by molar-refractivity contribution is 6.34. The molecular formula is C14H7Cl2F3N2O4. The third kappa shape index (κ3) is 3.06. The number of rotatable bonds is 3. The van der Waals surface area contributed by atoms with Crippen molar-refractivity contribution in [1.29, 1.82) is 0 Å². The fraction of sp³-hybridized carbons (Fsp3) is 0.143. The second-order valence-electron chi connectivity index (χ2n) is 5.04. The monoisotopic (exact) mass is 394 g/mol. The van der Waals surface area contributed by atoms with Crippen LogP contribution in [-0.2, 0) is 10.4 Å². The highest BCUT2D eigenvalue weighted by Crippen LogP contribution is 2.48. The number of halogens is 5. The van der Waals surface area contributed by atoms with Crippen LogP contribution in [0.1, 0.15) is 21.8 Å². The zero-order chi connectivity index (χ0) is 18.4. The summed E-state index contributed by atoms with van der Waals surface area (Å²) in [5, 5.41) is 12.2. The van der Waals surface area contributed by atoms with Gasteiger partial charge >= 0.3 is 12.1 Å². The lowest BCUT2D eigenvalue weighted by atomic mass is 9.92. The Morgan fingerprint density at radius 1 is 1.20 bits per heavy atom. The van der Waals surface area contributed by atoms with Gasteiger partial charge in [-0.15, -0.1) is 0 Å². The molecule has 0 aliphatic carbocycles. The quantitative estimate of drug-likeness (QED) is 0.817. The molecule has 1 aromatic heterocycles. The molecule has 0 spiro atoms. The van der Waals surface area contributed by atoms with Gasteiger partial charge < -0.3 is 9.63 Å². The van der Waals surface area contributed by atoms with Gasteiger partial charge in [0.05, 0.1) is 5.70 Å². The van der Waals surface area contributed by atoms with Crippen LogP contribution in [0.4, 0.5) is 13.2 Å². The van der Waals surface area contributed by atoms with Crippen molar-refractivity contribution in [3.63, 3.8) is 0 Å². The first kappa shape index (κ1) is 17.6. The summed E-state index contributed by atoms with van der Waals surface area (Å²) in [7, 11) is 0. The highest BCUT2D eigenvalue weighted by atomic mass is 35.5. The molecule has 1 aromatic carbocycles. The molecule has 6 nitrogen and oxygen atoms in total. The molecule has 0 amide bonds. The van der Waals surface area contributed by atoms with Gasteiger partial charge in [-0.25, -0.2) is 4.79 Å². The molecule has 2 heterocycles. The molecular weight excluding hydrogens is 388 g/mol. The molecule has 0 radical (unpaired) electrons. The Labute approximate surface area is 147 Å². The highest BCUT2D eigenvalue weighted by Gasteiger charge is 2.60. The van der Waals surface area contributed by atoms with Gasteiger partial charge in [0.1, 0.15) is 5.69 Å². The number of nitrogens with zero attached hydrogens (tertiary/aromatic N) is 1. The van der Waals surface area contributed by atoms with Gasteiger partial charge in [-0.2, -0.15) is 13.2 Å². The van der Waals surface area contributed by atoms with Crippen LogP contribution in [0.15, 0.2) is 34.9 Å². The van der Waals surface area contributed by atoms with Crippen molar-refractivity contribution in [2.75, 3.05) is 0 Å². The van der Waals surface area contributed by atoms with E-state index in [9.17, 15) is 18.0 Å². The van der Waals surface area contributed by atoms with Gasteiger partial charge in [0.25, 0.3) is 0 Å². The summed E-state index contributed by atoms with van der Waals surface area (Å²) in [5.41, 5.74) is -1.54. The molecule has 2 N–H and O–H groups in total. The maximum Gasteiger partial charge on any atom is 0.428 e. The number of alkyl halides is 3. The molecule has 1 aliphatic rings. The van der Waals surface area contributed by atoms with E-state index in [0.717, 1.165) is 18.2 Å². The van der Waals surface area contributed by atoms with E-state index in [2.05, 4.69) is 15.2 Å². The topological polar surface area (TPSA) is 84.6 Å². The minimum atomic E-state index is -4.88. The summed E-state index contributed by atoms with van der Waals surface area (Å²) in [4.78, 5) is 15.6. The minimum absolute atomic E-state index is 0.00817. The number of hydrogen-bond acceptors (Lipinski definition) is 5. The predicted molar refractivity (Wildman–Crippen MR) is 79.9 cm³/mol. The van der Waals surface area contributed by atoms with Crippen LogP contribution in [0.5, 0.6) is 0 Å². The zero-order valence-electron chi connectivity index (χ0n) is 11.9.